The number of ketones is 1. The Balaban J connectivity index is 1.88. The van der Waals surface area contributed by atoms with Crippen LogP contribution in [-0.2, 0) is 9.53 Å². The molecule has 0 atom stereocenters. The van der Waals surface area contributed by atoms with Crippen LogP contribution >= 0.6 is 0 Å². The normalized spacial score (nSPS) is 10.4. The van der Waals surface area contributed by atoms with E-state index in [1.165, 1.54) is 0 Å². The SMILES string of the molecule is CCOc1ccc(C(=O)NCC(=O)OCC(=O)c2c(C)cc(C)c(C)c2C)cc1. The summed E-state index contributed by atoms with van der Waals surface area (Å²) in [7, 11) is 0. The van der Waals surface area contributed by atoms with Crippen molar-refractivity contribution in [3.63, 3.8) is 0 Å². The fourth-order valence-corrected chi connectivity index (χ4v) is 3.11. The maximum absolute atomic E-state index is 12.5. The van der Waals surface area contributed by atoms with Crippen molar-refractivity contribution >= 4 is 17.7 Å². The van der Waals surface area contributed by atoms with Crippen LogP contribution in [0.2, 0.25) is 0 Å². The molecule has 0 saturated heterocycles. The molecule has 29 heavy (non-hydrogen) atoms. The highest BCUT2D eigenvalue weighted by Gasteiger charge is 2.17. The first-order valence-corrected chi connectivity index (χ1v) is 9.51. The largest absolute Gasteiger partial charge is 0.494 e. The van der Waals surface area contributed by atoms with Gasteiger partial charge in [-0.15, -0.1) is 0 Å². The van der Waals surface area contributed by atoms with Gasteiger partial charge in [0.05, 0.1) is 6.61 Å². The lowest BCUT2D eigenvalue weighted by molar-refractivity contribution is -0.141. The molecule has 6 heteroatoms. The molecule has 0 saturated carbocycles. The summed E-state index contributed by atoms with van der Waals surface area (Å²) in [6.07, 6.45) is 0. The standard InChI is InChI=1S/C23H27NO5/c1-6-28-19-9-7-18(8-10-19)23(27)24-12-21(26)29-13-20(25)22-15(3)11-14(2)16(4)17(22)5/h7-11H,6,12-13H2,1-5H3,(H,24,27). The molecule has 2 rings (SSSR count). The van der Waals surface area contributed by atoms with Crippen LogP contribution in [0.4, 0.5) is 0 Å². The average Bonchev–Trinajstić information content (AvgIpc) is 2.69. The number of benzene rings is 2. The van der Waals surface area contributed by atoms with Gasteiger partial charge in [0.25, 0.3) is 5.91 Å². The van der Waals surface area contributed by atoms with E-state index in [1.54, 1.807) is 24.3 Å². The van der Waals surface area contributed by atoms with Gasteiger partial charge in [0.15, 0.2) is 6.61 Å². The Hall–Kier alpha value is -3.15. The van der Waals surface area contributed by atoms with E-state index in [1.807, 2.05) is 40.7 Å². The monoisotopic (exact) mass is 397 g/mol. The zero-order valence-corrected chi connectivity index (χ0v) is 17.5. The molecule has 154 valence electrons. The third-order valence-electron chi connectivity index (χ3n) is 4.82. The first kappa shape index (κ1) is 22.1. The summed E-state index contributed by atoms with van der Waals surface area (Å²) >= 11 is 0. The van der Waals surface area contributed by atoms with Crippen LogP contribution in [0.1, 0.15) is 49.9 Å². The predicted molar refractivity (Wildman–Crippen MR) is 111 cm³/mol. The minimum absolute atomic E-state index is 0.255. The van der Waals surface area contributed by atoms with E-state index in [2.05, 4.69) is 5.32 Å². The molecule has 2 aromatic carbocycles. The van der Waals surface area contributed by atoms with Crippen molar-refractivity contribution < 1.29 is 23.9 Å². The molecular weight excluding hydrogens is 370 g/mol. The summed E-state index contributed by atoms with van der Waals surface area (Å²) in [5.41, 5.74) is 4.90. The summed E-state index contributed by atoms with van der Waals surface area (Å²) in [5, 5.41) is 2.49. The van der Waals surface area contributed by atoms with Crippen molar-refractivity contribution in [2.75, 3.05) is 19.8 Å². The van der Waals surface area contributed by atoms with E-state index in [0.717, 1.165) is 22.3 Å². The number of hydrogen-bond acceptors (Lipinski definition) is 5. The van der Waals surface area contributed by atoms with Crippen LogP contribution in [0.15, 0.2) is 30.3 Å². The molecule has 0 bridgehead atoms. The van der Waals surface area contributed by atoms with Crippen LogP contribution in [0.25, 0.3) is 0 Å². The van der Waals surface area contributed by atoms with Gasteiger partial charge in [0.1, 0.15) is 12.3 Å². The van der Waals surface area contributed by atoms with E-state index in [4.69, 9.17) is 9.47 Å². The third kappa shape index (κ3) is 5.67. The Bertz CT molecular complexity index is 916. The molecule has 1 N–H and O–H groups in total. The van der Waals surface area contributed by atoms with Crippen LogP contribution in [-0.4, -0.2) is 37.4 Å². The van der Waals surface area contributed by atoms with E-state index in [9.17, 15) is 14.4 Å². The Labute approximate surface area is 171 Å². The fraction of sp³-hybridized carbons (Fsp3) is 0.348. The summed E-state index contributed by atoms with van der Waals surface area (Å²) < 4.78 is 10.4. The highest BCUT2D eigenvalue weighted by Crippen LogP contribution is 2.22. The lowest BCUT2D eigenvalue weighted by Crippen LogP contribution is -2.31. The minimum atomic E-state index is -0.670. The number of esters is 1. The molecule has 0 fully saturated rings. The number of nitrogens with one attached hydrogen (secondary N) is 1. The molecule has 0 aliphatic heterocycles. The Morgan fingerprint density at radius 1 is 0.931 bits per heavy atom. The number of carbonyl (C=O) groups excluding carboxylic acids is 3. The Morgan fingerprint density at radius 3 is 2.21 bits per heavy atom. The van der Waals surface area contributed by atoms with Crippen LogP contribution in [0, 0.1) is 27.7 Å². The van der Waals surface area contributed by atoms with E-state index >= 15 is 0 Å². The summed E-state index contributed by atoms with van der Waals surface area (Å²) in [5.74, 6) is -0.665. The molecule has 0 aliphatic carbocycles. The molecule has 0 radical (unpaired) electrons. The van der Waals surface area contributed by atoms with Crippen molar-refractivity contribution in [1.82, 2.24) is 5.32 Å². The number of ether oxygens (including phenoxy) is 2. The minimum Gasteiger partial charge on any atom is -0.494 e. The number of aryl methyl sites for hydroxylation is 2. The van der Waals surface area contributed by atoms with Crippen LogP contribution < -0.4 is 10.1 Å². The number of rotatable bonds is 8. The molecule has 1 amide bonds. The van der Waals surface area contributed by atoms with Crippen molar-refractivity contribution in [1.29, 1.82) is 0 Å². The van der Waals surface area contributed by atoms with Crippen molar-refractivity contribution in [3.05, 3.63) is 63.7 Å². The summed E-state index contributed by atoms with van der Waals surface area (Å²) in [4.78, 5) is 36.6. The first-order chi connectivity index (χ1) is 13.7. The maximum Gasteiger partial charge on any atom is 0.325 e. The highest BCUT2D eigenvalue weighted by atomic mass is 16.5. The lowest BCUT2D eigenvalue weighted by Gasteiger charge is -2.14. The zero-order chi connectivity index (χ0) is 21.6. The summed E-state index contributed by atoms with van der Waals surface area (Å²) in [6.45, 7) is 9.45. The van der Waals surface area contributed by atoms with Gasteiger partial charge >= 0.3 is 5.97 Å². The van der Waals surface area contributed by atoms with Gasteiger partial charge in [-0.05, 0) is 81.1 Å². The number of hydrogen-bond donors (Lipinski definition) is 1. The van der Waals surface area contributed by atoms with Gasteiger partial charge in [-0.1, -0.05) is 6.07 Å². The van der Waals surface area contributed by atoms with Crippen molar-refractivity contribution in [2.24, 2.45) is 0 Å². The Morgan fingerprint density at radius 2 is 1.59 bits per heavy atom. The van der Waals surface area contributed by atoms with Crippen LogP contribution in [0.5, 0.6) is 5.75 Å². The molecule has 0 aliphatic rings. The highest BCUT2D eigenvalue weighted by molar-refractivity contribution is 6.01. The summed E-state index contributed by atoms with van der Waals surface area (Å²) in [6, 6.07) is 8.54. The molecule has 0 heterocycles. The average molecular weight is 397 g/mol. The smallest absolute Gasteiger partial charge is 0.325 e. The van der Waals surface area contributed by atoms with Gasteiger partial charge < -0.3 is 14.8 Å². The second-order valence-corrected chi connectivity index (χ2v) is 6.86. The van der Waals surface area contributed by atoms with Crippen molar-refractivity contribution in [3.8, 4) is 5.75 Å². The molecule has 2 aromatic rings. The number of amides is 1. The van der Waals surface area contributed by atoms with Gasteiger partial charge in [0.2, 0.25) is 5.78 Å². The van der Waals surface area contributed by atoms with E-state index < -0.39 is 11.9 Å². The fourth-order valence-electron chi connectivity index (χ4n) is 3.11. The van der Waals surface area contributed by atoms with Crippen molar-refractivity contribution in [2.45, 2.75) is 34.6 Å². The van der Waals surface area contributed by atoms with Gasteiger partial charge in [0, 0.05) is 11.1 Å². The molecular formula is C23H27NO5. The van der Waals surface area contributed by atoms with E-state index in [0.29, 0.717) is 23.5 Å². The van der Waals surface area contributed by atoms with Gasteiger partial charge in [-0.25, -0.2) is 0 Å². The number of carbonyl (C=O) groups is 3. The third-order valence-corrected chi connectivity index (χ3v) is 4.82. The topological polar surface area (TPSA) is 81.7 Å². The maximum atomic E-state index is 12.5. The van der Waals surface area contributed by atoms with Gasteiger partial charge in [-0.2, -0.15) is 0 Å². The second-order valence-electron chi connectivity index (χ2n) is 6.86. The molecule has 0 aromatic heterocycles. The quantitative estimate of drug-likeness (QED) is 0.545. The molecule has 6 nitrogen and oxygen atoms in total. The molecule has 0 spiro atoms. The zero-order valence-electron chi connectivity index (χ0n) is 17.5. The second kappa shape index (κ2) is 9.87. The van der Waals surface area contributed by atoms with Gasteiger partial charge in [-0.3, -0.25) is 14.4 Å². The molecule has 0 unspecified atom stereocenters. The first-order valence-electron chi connectivity index (χ1n) is 9.51. The predicted octanol–water partition coefficient (Wildman–Crippen LogP) is 3.47. The lowest BCUT2D eigenvalue weighted by atomic mass is 9.92. The number of Topliss-reactive ketones (excluding diaryl/α,β-unsaturated/α-hetero) is 1. The van der Waals surface area contributed by atoms with E-state index in [-0.39, 0.29) is 18.9 Å². The Kier molecular flexibility index (Phi) is 7.53. The van der Waals surface area contributed by atoms with Crippen LogP contribution in [0.3, 0.4) is 0 Å².